The molecule has 2 aromatic rings. The van der Waals surface area contributed by atoms with Gasteiger partial charge in [0.1, 0.15) is 11.1 Å². The van der Waals surface area contributed by atoms with E-state index >= 15 is 0 Å². The molecule has 4 rings (SSSR count). The average Bonchev–Trinajstić information content (AvgIpc) is 3.03. The summed E-state index contributed by atoms with van der Waals surface area (Å²) in [6, 6.07) is 0. The van der Waals surface area contributed by atoms with E-state index in [1.165, 1.54) is 0 Å². The van der Waals surface area contributed by atoms with Crippen LogP contribution in [0.25, 0.3) is 11.2 Å². The van der Waals surface area contributed by atoms with Gasteiger partial charge >= 0.3 is 6.09 Å². The Morgan fingerprint density at radius 1 is 1.32 bits per heavy atom. The molecule has 9 heteroatoms. The predicted octanol–water partition coefficient (Wildman–Crippen LogP) is 2.74. The standard InChI is InChI=1S/C16H20ClN5O3/c1-15(2,3)25-14(23)21-9-16(4-6-24-7-5-16)22-11-10(19-13(21)22)8-18-12(17)20-11/h8H,4-7,9H2,1-3H3. The van der Waals surface area contributed by atoms with Crippen molar-refractivity contribution in [1.82, 2.24) is 19.5 Å². The summed E-state index contributed by atoms with van der Waals surface area (Å²) in [5.74, 6) is 0.530. The summed E-state index contributed by atoms with van der Waals surface area (Å²) in [6.07, 6.45) is 2.71. The number of amides is 1. The molecule has 0 atom stereocenters. The van der Waals surface area contributed by atoms with E-state index in [-0.39, 0.29) is 10.8 Å². The Morgan fingerprint density at radius 2 is 2.04 bits per heavy atom. The Kier molecular flexibility index (Phi) is 3.66. The van der Waals surface area contributed by atoms with Crippen LogP contribution in [0.3, 0.4) is 0 Å². The first-order chi connectivity index (χ1) is 11.8. The van der Waals surface area contributed by atoms with E-state index in [4.69, 9.17) is 21.1 Å². The zero-order valence-electron chi connectivity index (χ0n) is 14.5. The van der Waals surface area contributed by atoms with Gasteiger partial charge in [-0.25, -0.2) is 19.7 Å². The van der Waals surface area contributed by atoms with Gasteiger partial charge < -0.3 is 9.47 Å². The fraction of sp³-hybridized carbons (Fsp3) is 0.625. The third-order valence-corrected chi connectivity index (χ3v) is 4.74. The molecule has 0 aromatic carbocycles. The van der Waals surface area contributed by atoms with E-state index in [1.54, 1.807) is 11.1 Å². The highest BCUT2D eigenvalue weighted by Gasteiger charge is 2.49. The van der Waals surface area contributed by atoms with Gasteiger partial charge in [0.15, 0.2) is 5.65 Å². The van der Waals surface area contributed by atoms with Gasteiger partial charge in [-0.05, 0) is 45.2 Å². The molecule has 25 heavy (non-hydrogen) atoms. The van der Waals surface area contributed by atoms with Gasteiger partial charge in [0.05, 0.1) is 18.3 Å². The average molecular weight is 366 g/mol. The highest BCUT2D eigenvalue weighted by molar-refractivity contribution is 6.28. The minimum absolute atomic E-state index is 0.160. The molecule has 1 amide bonds. The number of fused-ring (bicyclic) bond motifs is 4. The van der Waals surface area contributed by atoms with E-state index < -0.39 is 11.7 Å². The van der Waals surface area contributed by atoms with Crippen molar-refractivity contribution in [2.75, 3.05) is 24.7 Å². The van der Waals surface area contributed by atoms with Crippen LogP contribution >= 0.6 is 11.6 Å². The largest absolute Gasteiger partial charge is 0.443 e. The van der Waals surface area contributed by atoms with Gasteiger partial charge in [-0.1, -0.05) is 0 Å². The first kappa shape index (κ1) is 16.5. The lowest BCUT2D eigenvalue weighted by atomic mass is 9.90. The second-order valence-corrected chi connectivity index (χ2v) is 7.84. The lowest BCUT2D eigenvalue weighted by Crippen LogP contribution is -2.44. The Morgan fingerprint density at radius 3 is 2.72 bits per heavy atom. The maximum atomic E-state index is 12.8. The van der Waals surface area contributed by atoms with Crippen molar-refractivity contribution >= 4 is 34.8 Å². The van der Waals surface area contributed by atoms with E-state index in [9.17, 15) is 4.79 Å². The van der Waals surface area contributed by atoms with Crippen LogP contribution in [-0.4, -0.2) is 51.0 Å². The summed E-state index contributed by atoms with van der Waals surface area (Å²) >= 11 is 6.00. The van der Waals surface area contributed by atoms with Crippen molar-refractivity contribution < 1.29 is 14.3 Å². The van der Waals surface area contributed by atoms with Crippen molar-refractivity contribution in [3.8, 4) is 0 Å². The van der Waals surface area contributed by atoms with Gasteiger partial charge in [0, 0.05) is 13.2 Å². The molecule has 1 spiro atoms. The summed E-state index contributed by atoms with van der Waals surface area (Å²) in [7, 11) is 0. The highest BCUT2D eigenvalue weighted by atomic mass is 35.5. The normalized spacial score (nSPS) is 19.4. The number of ether oxygens (including phenoxy) is 2. The van der Waals surface area contributed by atoms with Crippen molar-refractivity contribution in [3.05, 3.63) is 11.5 Å². The number of rotatable bonds is 0. The van der Waals surface area contributed by atoms with Crippen LogP contribution in [0.15, 0.2) is 6.20 Å². The molecular formula is C16H20ClN5O3. The van der Waals surface area contributed by atoms with Gasteiger partial charge in [-0.15, -0.1) is 0 Å². The van der Waals surface area contributed by atoms with Crippen LogP contribution in [-0.2, 0) is 15.0 Å². The van der Waals surface area contributed by atoms with Crippen molar-refractivity contribution in [1.29, 1.82) is 0 Å². The molecule has 0 unspecified atom stereocenters. The highest BCUT2D eigenvalue weighted by Crippen LogP contribution is 2.43. The molecule has 0 N–H and O–H groups in total. The van der Waals surface area contributed by atoms with Crippen LogP contribution in [0.2, 0.25) is 5.28 Å². The van der Waals surface area contributed by atoms with E-state index in [0.717, 1.165) is 12.8 Å². The molecule has 2 aromatic heterocycles. The minimum Gasteiger partial charge on any atom is -0.443 e. The van der Waals surface area contributed by atoms with E-state index in [0.29, 0.717) is 36.9 Å². The monoisotopic (exact) mass is 365 g/mol. The van der Waals surface area contributed by atoms with Crippen molar-refractivity contribution in [2.24, 2.45) is 0 Å². The quantitative estimate of drug-likeness (QED) is 0.667. The van der Waals surface area contributed by atoms with Gasteiger partial charge in [0.2, 0.25) is 11.2 Å². The maximum Gasteiger partial charge on any atom is 0.417 e. The van der Waals surface area contributed by atoms with Crippen LogP contribution in [0.1, 0.15) is 33.6 Å². The Labute approximate surface area is 150 Å². The fourth-order valence-corrected chi connectivity index (χ4v) is 3.62. The first-order valence-electron chi connectivity index (χ1n) is 8.29. The Balaban J connectivity index is 1.84. The molecule has 4 heterocycles. The molecule has 1 saturated heterocycles. The number of carbonyl (C=O) groups is 1. The topological polar surface area (TPSA) is 82.4 Å². The molecule has 0 aliphatic carbocycles. The molecular weight excluding hydrogens is 346 g/mol. The van der Waals surface area contributed by atoms with Gasteiger partial charge in [-0.3, -0.25) is 4.57 Å². The number of anilines is 1. The van der Waals surface area contributed by atoms with Crippen LogP contribution in [0, 0.1) is 0 Å². The smallest absolute Gasteiger partial charge is 0.417 e. The number of nitrogens with zero attached hydrogens (tertiary/aromatic N) is 5. The van der Waals surface area contributed by atoms with Crippen LogP contribution in [0.5, 0.6) is 0 Å². The molecule has 0 radical (unpaired) electrons. The second-order valence-electron chi connectivity index (χ2n) is 7.50. The van der Waals surface area contributed by atoms with E-state index in [2.05, 4.69) is 15.0 Å². The number of hydrogen-bond donors (Lipinski definition) is 0. The number of halogens is 1. The second kappa shape index (κ2) is 5.54. The maximum absolute atomic E-state index is 12.8. The SMILES string of the molecule is CC(C)(C)OC(=O)N1CC2(CCOCC2)n2c1nc1cnc(Cl)nc12. The van der Waals surface area contributed by atoms with Gasteiger partial charge in [0.25, 0.3) is 0 Å². The summed E-state index contributed by atoms with van der Waals surface area (Å²) in [6.45, 7) is 7.28. The number of imidazole rings is 1. The van der Waals surface area contributed by atoms with Crippen molar-refractivity contribution in [3.63, 3.8) is 0 Å². The molecule has 2 aliphatic rings. The number of aromatic nitrogens is 4. The number of carbonyl (C=O) groups excluding carboxylic acids is 1. The molecule has 2 aliphatic heterocycles. The first-order valence-corrected chi connectivity index (χ1v) is 8.67. The Bertz CT molecular complexity index is 838. The predicted molar refractivity (Wildman–Crippen MR) is 91.9 cm³/mol. The Hall–Kier alpha value is -1.93. The summed E-state index contributed by atoms with van der Waals surface area (Å²) < 4.78 is 13.1. The third kappa shape index (κ3) is 2.73. The molecule has 1 fully saturated rings. The molecule has 134 valence electrons. The number of hydrogen-bond acceptors (Lipinski definition) is 6. The van der Waals surface area contributed by atoms with E-state index in [1.807, 2.05) is 25.3 Å². The van der Waals surface area contributed by atoms with Crippen molar-refractivity contribution in [2.45, 2.75) is 44.8 Å². The minimum atomic E-state index is -0.581. The zero-order valence-corrected chi connectivity index (χ0v) is 15.2. The summed E-state index contributed by atoms with van der Waals surface area (Å²) in [5.41, 5.74) is 0.362. The lowest BCUT2D eigenvalue weighted by Gasteiger charge is -2.34. The van der Waals surface area contributed by atoms with Crippen LogP contribution in [0.4, 0.5) is 10.7 Å². The third-order valence-electron chi connectivity index (χ3n) is 4.56. The van der Waals surface area contributed by atoms with Crippen LogP contribution < -0.4 is 4.90 Å². The molecule has 8 nitrogen and oxygen atoms in total. The summed E-state index contributed by atoms with van der Waals surface area (Å²) in [5, 5.41) is 0.160. The van der Waals surface area contributed by atoms with Gasteiger partial charge in [-0.2, -0.15) is 4.98 Å². The summed E-state index contributed by atoms with van der Waals surface area (Å²) in [4.78, 5) is 27.3. The molecule has 0 saturated carbocycles. The zero-order chi connectivity index (χ0) is 17.8. The fourth-order valence-electron chi connectivity index (χ4n) is 3.49. The molecule has 0 bridgehead atoms. The lowest BCUT2D eigenvalue weighted by molar-refractivity contribution is 0.0300.